The topological polar surface area (TPSA) is 63.2 Å². The lowest BCUT2D eigenvalue weighted by atomic mass is 10.0. The van der Waals surface area contributed by atoms with Gasteiger partial charge in [-0.2, -0.15) is 0 Å². The highest BCUT2D eigenvalue weighted by molar-refractivity contribution is 7.84. The van der Waals surface area contributed by atoms with Crippen LogP contribution in [0.25, 0.3) is 11.3 Å². The van der Waals surface area contributed by atoms with Gasteiger partial charge >= 0.3 is 0 Å². The number of nitrogens with one attached hydrogen (secondary N) is 2. The lowest BCUT2D eigenvalue weighted by Crippen LogP contribution is -2.35. The second-order valence-corrected chi connectivity index (χ2v) is 11.2. The van der Waals surface area contributed by atoms with Crippen molar-refractivity contribution in [2.24, 2.45) is 11.8 Å². The fourth-order valence-electron chi connectivity index (χ4n) is 3.92. The molecule has 2 aromatic rings. The molecule has 4 rings (SSSR count). The summed E-state index contributed by atoms with van der Waals surface area (Å²) in [6.45, 7) is 9.90. The van der Waals surface area contributed by atoms with Crippen LogP contribution in [-0.2, 0) is 11.0 Å². The first kappa shape index (κ1) is 21.4. The number of hydrogen-bond acceptors (Lipinski definition) is 4. The van der Waals surface area contributed by atoms with Crippen LogP contribution in [0.1, 0.15) is 45.7 Å². The molecule has 0 radical (unpaired) electrons. The maximum atomic E-state index is 13.4. The van der Waals surface area contributed by atoms with Gasteiger partial charge in [0.25, 0.3) is 0 Å². The average Bonchev–Trinajstić information content (AvgIpc) is 3.11. The highest BCUT2D eigenvalue weighted by Gasteiger charge is 2.55. The molecule has 0 amide bonds. The van der Waals surface area contributed by atoms with Crippen LogP contribution in [-0.4, -0.2) is 33.1 Å². The van der Waals surface area contributed by atoms with Gasteiger partial charge in [0, 0.05) is 42.6 Å². The van der Waals surface area contributed by atoms with Crippen LogP contribution in [0.2, 0.25) is 0 Å². The number of aromatic nitrogens is 1. The Morgan fingerprint density at radius 2 is 1.90 bits per heavy atom. The maximum absolute atomic E-state index is 13.4. The summed E-state index contributed by atoms with van der Waals surface area (Å²) < 4.78 is 35.3. The number of nitrogens with zero attached hydrogens (tertiary/aromatic N) is 1. The van der Waals surface area contributed by atoms with Crippen molar-refractivity contribution >= 4 is 11.0 Å². The van der Waals surface area contributed by atoms with E-state index in [0.717, 1.165) is 36.3 Å². The molecule has 2 aliphatic rings. The van der Waals surface area contributed by atoms with Crippen molar-refractivity contribution in [2.45, 2.75) is 51.0 Å². The molecule has 2 fully saturated rings. The second kappa shape index (κ2) is 8.36. The van der Waals surface area contributed by atoms with Crippen LogP contribution < -0.4 is 14.8 Å². The van der Waals surface area contributed by atoms with Crippen molar-refractivity contribution < 1.29 is 13.3 Å². The van der Waals surface area contributed by atoms with Crippen molar-refractivity contribution in [1.29, 1.82) is 0 Å². The highest BCUT2D eigenvalue weighted by atomic mass is 32.2. The minimum Gasteiger partial charge on any atom is -0.474 e. The largest absolute Gasteiger partial charge is 0.474 e. The number of pyridine rings is 1. The van der Waals surface area contributed by atoms with Gasteiger partial charge in [0.2, 0.25) is 5.88 Å². The summed E-state index contributed by atoms with van der Waals surface area (Å²) in [5, 5.41) is 3.37. The van der Waals surface area contributed by atoms with Crippen LogP contribution in [0.5, 0.6) is 5.88 Å². The lowest BCUT2D eigenvalue weighted by molar-refractivity contribution is 0.251. The van der Waals surface area contributed by atoms with E-state index in [1.165, 1.54) is 12.1 Å². The van der Waals surface area contributed by atoms with Crippen LogP contribution in [0.15, 0.2) is 36.4 Å². The summed E-state index contributed by atoms with van der Waals surface area (Å²) in [5.41, 5.74) is 2.53. The first-order chi connectivity index (χ1) is 14.3. The molecule has 2 N–H and O–H groups in total. The van der Waals surface area contributed by atoms with Crippen molar-refractivity contribution in [3.05, 3.63) is 47.8 Å². The fourth-order valence-corrected chi connectivity index (χ4v) is 4.84. The summed E-state index contributed by atoms with van der Waals surface area (Å²) in [5.74, 6) is 1.41. The first-order valence-corrected chi connectivity index (χ1v) is 11.7. The molecule has 5 atom stereocenters. The number of rotatable bonds is 7. The van der Waals surface area contributed by atoms with E-state index in [2.05, 4.69) is 17.0 Å². The van der Waals surface area contributed by atoms with Crippen LogP contribution in [0.3, 0.4) is 0 Å². The third-order valence-electron chi connectivity index (χ3n) is 5.85. The number of piperidine rings is 1. The average molecular weight is 432 g/mol. The normalized spacial score (nSPS) is 24.9. The second-order valence-electron chi connectivity index (χ2n) is 9.16. The smallest absolute Gasteiger partial charge is 0.214 e. The van der Waals surface area contributed by atoms with Gasteiger partial charge in [-0.1, -0.05) is 6.92 Å². The Hall–Kier alpha value is -1.83. The zero-order chi connectivity index (χ0) is 21.5. The number of hydrogen-bond donors (Lipinski definition) is 2. The number of ether oxygens (including phenoxy) is 1. The standard InChI is InChI=1S/C23H30FN3O2S/c1-5-19(27-30(28)23(2,3)4)15-10-20(14-6-8-16(24)9-7-14)26-21(11-15)29-22-17-12-25-13-18(17)22/h6-11,17-19,22,25,27H,5,12-13H2,1-4H3/t17-,18+,19?,22?,30?. The molecular formula is C23H30FN3O2S. The SMILES string of the molecule is CCC(NS(=O)C(C)(C)C)c1cc(OC2[C@H]3CNC[C@@H]23)nc(-c2ccc(F)cc2)c1. The van der Waals surface area contributed by atoms with Gasteiger partial charge in [0.05, 0.1) is 21.4 Å². The number of benzene rings is 1. The van der Waals surface area contributed by atoms with E-state index in [0.29, 0.717) is 17.7 Å². The molecule has 1 aliphatic carbocycles. The molecule has 0 spiro atoms. The van der Waals surface area contributed by atoms with Crippen molar-refractivity contribution in [2.75, 3.05) is 13.1 Å². The Balaban J connectivity index is 1.65. The Morgan fingerprint density at radius 3 is 2.50 bits per heavy atom. The van der Waals surface area contributed by atoms with E-state index >= 15 is 0 Å². The highest BCUT2D eigenvalue weighted by Crippen LogP contribution is 2.44. The minimum absolute atomic E-state index is 0.102. The summed E-state index contributed by atoms with van der Waals surface area (Å²) in [6.07, 6.45) is 0.971. The molecule has 1 aliphatic heterocycles. The van der Waals surface area contributed by atoms with Gasteiger partial charge in [0.1, 0.15) is 11.9 Å². The Kier molecular flexibility index (Phi) is 5.97. The first-order valence-electron chi connectivity index (χ1n) is 10.6. The maximum Gasteiger partial charge on any atom is 0.214 e. The summed E-state index contributed by atoms with van der Waals surface area (Å²) in [6, 6.07) is 10.2. The molecule has 1 aromatic carbocycles. The van der Waals surface area contributed by atoms with Crippen molar-refractivity contribution in [3.8, 4) is 17.1 Å². The zero-order valence-electron chi connectivity index (χ0n) is 17.9. The molecule has 5 nitrogen and oxygen atoms in total. The van der Waals surface area contributed by atoms with Crippen LogP contribution >= 0.6 is 0 Å². The predicted octanol–water partition coefficient (Wildman–Crippen LogP) is 3.99. The van der Waals surface area contributed by atoms with E-state index in [1.54, 1.807) is 12.1 Å². The fraction of sp³-hybridized carbons (Fsp3) is 0.522. The zero-order valence-corrected chi connectivity index (χ0v) is 18.8. The summed E-state index contributed by atoms with van der Waals surface area (Å²) in [7, 11) is -1.20. The number of fused-ring (bicyclic) bond motifs is 1. The summed E-state index contributed by atoms with van der Waals surface area (Å²) >= 11 is 0. The van der Waals surface area contributed by atoms with Gasteiger partial charge in [-0.05, 0) is 63.1 Å². The van der Waals surface area contributed by atoms with Gasteiger partial charge in [-0.15, -0.1) is 0 Å². The molecule has 2 heterocycles. The quantitative estimate of drug-likeness (QED) is 0.696. The van der Waals surface area contributed by atoms with Gasteiger partial charge in [0.15, 0.2) is 0 Å². The van der Waals surface area contributed by atoms with Crippen molar-refractivity contribution in [1.82, 2.24) is 15.0 Å². The van der Waals surface area contributed by atoms with Crippen LogP contribution in [0.4, 0.5) is 4.39 Å². The van der Waals surface area contributed by atoms with Crippen LogP contribution in [0, 0.1) is 17.7 Å². The molecule has 30 heavy (non-hydrogen) atoms. The lowest BCUT2D eigenvalue weighted by Gasteiger charge is -2.24. The van der Waals surface area contributed by atoms with E-state index < -0.39 is 11.0 Å². The third kappa shape index (κ3) is 4.58. The third-order valence-corrected chi connectivity index (χ3v) is 7.46. The molecule has 1 saturated heterocycles. The molecule has 7 heteroatoms. The predicted molar refractivity (Wildman–Crippen MR) is 118 cm³/mol. The Labute approximate surface area is 180 Å². The monoisotopic (exact) mass is 431 g/mol. The van der Waals surface area contributed by atoms with Gasteiger partial charge in [-0.3, -0.25) is 0 Å². The van der Waals surface area contributed by atoms with Gasteiger partial charge < -0.3 is 10.1 Å². The Morgan fingerprint density at radius 1 is 1.23 bits per heavy atom. The Bertz CT molecular complexity index is 919. The minimum atomic E-state index is -1.20. The molecule has 1 aromatic heterocycles. The molecule has 0 bridgehead atoms. The summed E-state index contributed by atoms with van der Waals surface area (Å²) in [4.78, 5) is 4.72. The molecule has 3 unspecified atom stereocenters. The van der Waals surface area contributed by atoms with E-state index in [1.807, 2.05) is 32.9 Å². The van der Waals surface area contributed by atoms with E-state index in [-0.39, 0.29) is 22.7 Å². The van der Waals surface area contributed by atoms with Crippen molar-refractivity contribution in [3.63, 3.8) is 0 Å². The van der Waals surface area contributed by atoms with E-state index in [9.17, 15) is 8.60 Å². The van der Waals surface area contributed by atoms with E-state index in [4.69, 9.17) is 9.72 Å². The number of halogens is 1. The van der Waals surface area contributed by atoms with Gasteiger partial charge in [-0.25, -0.2) is 18.3 Å². The molecule has 1 saturated carbocycles. The molecule has 162 valence electrons. The molecular weight excluding hydrogens is 401 g/mol.